The van der Waals surface area contributed by atoms with Gasteiger partial charge in [-0.2, -0.15) is 0 Å². The predicted molar refractivity (Wildman–Crippen MR) is 41.3 cm³/mol. The van der Waals surface area contributed by atoms with Gasteiger partial charge in [-0.25, -0.2) is 0 Å². The third kappa shape index (κ3) is 1.28. The Bertz CT molecular complexity index is 103. The summed E-state index contributed by atoms with van der Waals surface area (Å²) in [5.41, 5.74) is 0.624. The minimum absolute atomic E-state index is 0.624. The van der Waals surface area contributed by atoms with Gasteiger partial charge in [-0.3, -0.25) is 0 Å². The number of hydrogen-bond donors (Lipinski definition) is 0. The Balaban J connectivity index is 2.58. The smallest absolute Gasteiger partial charge is 0.0326 e. The Morgan fingerprint density at radius 3 is 1.89 bits per heavy atom. The molecule has 0 heterocycles. The van der Waals surface area contributed by atoms with Gasteiger partial charge >= 0.3 is 0 Å². The van der Waals surface area contributed by atoms with Crippen molar-refractivity contribution in [3.05, 3.63) is 0 Å². The van der Waals surface area contributed by atoms with E-state index in [1.807, 2.05) is 0 Å². The molecule has 0 saturated heterocycles. The molecule has 1 fully saturated rings. The lowest BCUT2D eigenvalue weighted by atomic mass is 9.83. The molecular weight excluding hydrogens is 108 g/mol. The van der Waals surface area contributed by atoms with E-state index in [1.165, 1.54) is 12.8 Å². The molecule has 0 unspecified atom stereocenters. The van der Waals surface area contributed by atoms with Crippen molar-refractivity contribution in [3.63, 3.8) is 0 Å². The van der Waals surface area contributed by atoms with Crippen LogP contribution in [0.2, 0.25) is 0 Å². The molecular formula is C9H18. The van der Waals surface area contributed by atoms with Crippen molar-refractivity contribution in [2.24, 2.45) is 17.3 Å². The Morgan fingerprint density at radius 1 is 1.22 bits per heavy atom. The molecule has 0 bridgehead atoms. The van der Waals surface area contributed by atoms with E-state index < -0.39 is 0 Å². The largest absolute Gasteiger partial charge is 0.0625 e. The van der Waals surface area contributed by atoms with Gasteiger partial charge in [-0.05, 0) is 30.1 Å². The van der Waals surface area contributed by atoms with E-state index in [0.29, 0.717) is 5.41 Å². The Kier molecular flexibility index (Phi) is 1.58. The van der Waals surface area contributed by atoms with Crippen LogP contribution in [0.4, 0.5) is 0 Å². The topological polar surface area (TPSA) is 0 Å². The van der Waals surface area contributed by atoms with Crippen molar-refractivity contribution in [3.8, 4) is 0 Å². The molecule has 0 nitrogen and oxygen atoms in total. The second-order valence-electron chi connectivity index (χ2n) is 4.43. The highest BCUT2D eigenvalue weighted by atomic mass is 14.4. The van der Waals surface area contributed by atoms with E-state index in [-0.39, 0.29) is 0 Å². The second kappa shape index (κ2) is 2.00. The predicted octanol–water partition coefficient (Wildman–Crippen LogP) is 3.08. The van der Waals surface area contributed by atoms with Crippen LogP contribution in [0.25, 0.3) is 0 Å². The first-order valence-corrected chi connectivity index (χ1v) is 4.02. The minimum Gasteiger partial charge on any atom is -0.0625 e. The highest BCUT2D eigenvalue weighted by Gasteiger charge is 2.34. The summed E-state index contributed by atoms with van der Waals surface area (Å²) >= 11 is 0. The molecule has 54 valence electrons. The van der Waals surface area contributed by atoms with E-state index >= 15 is 0 Å². The van der Waals surface area contributed by atoms with Crippen molar-refractivity contribution in [1.82, 2.24) is 0 Å². The van der Waals surface area contributed by atoms with Gasteiger partial charge < -0.3 is 0 Å². The molecule has 2 atom stereocenters. The Morgan fingerprint density at radius 2 is 1.78 bits per heavy atom. The lowest BCUT2D eigenvalue weighted by Crippen LogP contribution is -2.13. The fourth-order valence-corrected chi connectivity index (χ4v) is 2.11. The molecule has 0 aromatic heterocycles. The summed E-state index contributed by atoms with van der Waals surface area (Å²) in [6.07, 6.45) is 2.86. The zero-order chi connectivity index (χ0) is 7.07. The normalized spacial score (nSPS) is 41.3. The maximum Gasteiger partial charge on any atom is -0.0326 e. The van der Waals surface area contributed by atoms with Crippen LogP contribution in [0.3, 0.4) is 0 Å². The van der Waals surface area contributed by atoms with Gasteiger partial charge in [0.2, 0.25) is 0 Å². The molecule has 0 amide bonds. The Labute approximate surface area is 58.7 Å². The fourth-order valence-electron chi connectivity index (χ4n) is 2.11. The summed E-state index contributed by atoms with van der Waals surface area (Å²) in [5.74, 6) is 1.91. The van der Waals surface area contributed by atoms with Crippen LogP contribution < -0.4 is 0 Å². The van der Waals surface area contributed by atoms with Crippen molar-refractivity contribution >= 4 is 0 Å². The van der Waals surface area contributed by atoms with Crippen LogP contribution in [0.1, 0.15) is 40.5 Å². The zero-order valence-electron chi connectivity index (χ0n) is 7.07. The minimum atomic E-state index is 0.624. The molecule has 0 N–H and O–H groups in total. The molecule has 0 aromatic rings. The van der Waals surface area contributed by atoms with E-state index in [4.69, 9.17) is 0 Å². The van der Waals surface area contributed by atoms with Crippen LogP contribution in [0.5, 0.6) is 0 Å². The maximum atomic E-state index is 2.39. The molecule has 1 saturated carbocycles. The number of rotatable bonds is 0. The zero-order valence-corrected chi connectivity index (χ0v) is 7.07. The SMILES string of the molecule is C[C@@H]1C[C@H](C)C(C)(C)C1. The van der Waals surface area contributed by atoms with E-state index in [9.17, 15) is 0 Å². The van der Waals surface area contributed by atoms with Crippen LogP contribution in [0.15, 0.2) is 0 Å². The van der Waals surface area contributed by atoms with Gasteiger partial charge in [0.25, 0.3) is 0 Å². The highest BCUT2D eigenvalue weighted by molar-refractivity contribution is 4.85. The second-order valence-corrected chi connectivity index (χ2v) is 4.43. The molecule has 1 aliphatic carbocycles. The van der Waals surface area contributed by atoms with Crippen LogP contribution in [0, 0.1) is 17.3 Å². The summed E-state index contributed by atoms with van der Waals surface area (Å²) < 4.78 is 0. The first-order chi connectivity index (χ1) is 4.02. The first-order valence-electron chi connectivity index (χ1n) is 4.02. The molecule has 0 heteroatoms. The van der Waals surface area contributed by atoms with Crippen molar-refractivity contribution in [1.29, 1.82) is 0 Å². The third-order valence-electron chi connectivity index (χ3n) is 2.96. The molecule has 1 rings (SSSR count). The van der Waals surface area contributed by atoms with Crippen molar-refractivity contribution in [2.75, 3.05) is 0 Å². The summed E-state index contributed by atoms with van der Waals surface area (Å²) in [6, 6.07) is 0. The summed E-state index contributed by atoms with van der Waals surface area (Å²) in [6.45, 7) is 9.52. The average Bonchev–Trinajstić information content (AvgIpc) is 1.79. The monoisotopic (exact) mass is 126 g/mol. The van der Waals surface area contributed by atoms with Gasteiger partial charge in [0, 0.05) is 0 Å². The fraction of sp³-hybridized carbons (Fsp3) is 1.00. The van der Waals surface area contributed by atoms with Crippen LogP contribution >= 0.6 is 0 Å². The molecule has 9 heavy (non-hydrogen) atoms. The standard InChI is InChI=1S/C9H18/c1-7-5-8(2)9(3,4)6-7/h7-8H,5-6H2,1-4H3/t7-,8+/m1/s1. The van der Waals surface area contributed by atoms with Gasteiger partial charge in [0.05, 0.1) is 0 Å². The number of hydrogen-bond acceptors (Lipinski definition) is 0. The van der Waals surface area contributed by atoms with Gasteiger partial charge in [-0.1, -0.05) is 27.7 Å². The van der Waals surface area contributed by atoms with Gasteiger partial charge in [0.15, 0.2) is 0 Å². The van der Waals surface area contributed by atoms with E-state index in [2.05, 4.69) is 27.7 Å². The Hall–Kier alpha value is 0. The molecule has 0 aliphatic heterocycles. The molecule has 0 radical (unpaired) electrons. The lowest BCUT2D eigenvalue weighted by Gasteiger charge is -2.22. The van der Waals surface area contributed by atoms with E-state index in [1.54, 1.807) is 0 Å². The summed E-state index contributed by atoms with van der Waals surface area (Å²) in [7, 11) is 0. The summed E-state index contributed by atoms with van der Waals surface area (Å²) in [4.78, 5) is 0. The van der Waals surface area contributed by atoms with Crippen molar-refractivity contribution < 1.29 is 0 Å². The average molecular weight is 126 g/mol. The molecule has 0 spiro atoms. The van der Waals surface area contributed by atoms with Gasteiger partial charge in [-0.15, -0.1) is 0 Å². The highest BCUT2D eigenvalue weighted by Crippen LogP contribution is 2.45. The third-order valence-corrected chi connectivity index (χ3v) is 2.96. The molecule has 1 aliphatic rings. The quantitative estimate of drug-likeness (QED) is 0.468. The lowest BCUT2D eigenvalue weighted by molar-refractivity contribution is 0.278. The summed E-state index contributed by atoms with van der Waals surface area (Å²) in [5, 5.41) is 0. The van der Waals surface area contributed by atoms with Crippen molar-refractivity contribution in [2.45, 2.75) is 40.5 Å². The maximum absolute atomic E-state index is 2.39. The van der Waals surface area contributed by atoms with Crippen LogP contribution in [-0.2, 0) is 0 Å². The van der Waals surface area contributed by atoms with E-state index in [0.717, 1.165) is 11.8 Å². The molecule has 0 aromatic carbocycles. The first kappa shape index (κ1) is 7.11. The van der Waals surface area contributed by atoms with Crippen LogP contribution in [-0.4, -0.2) is 0 Å². The van der Waals surface area contributed by atoms with Gasteiger partial charge in [0.1, 0.15) is 0 Å².